The van der Waals surface area contributed by atoms with Gasteiger partial charge in [0.15, 0.2) is 5.84 Å². The predicted octanol–water partition coefficient (Wildman–Crippen LogP) is 1.76. The van der Waals surface area contributed by atoms with Crippen LogP contribution in [0.3, 0.4) is 0 Å². The summed E-state index contributed by atoms with van der Waals surface area (Å²) in [5, 5.41) is 13.1. The first-order valence-corrected chi connectivity index (χ1v) is 6.75. The molecule has 23 heavy (non-hydrogen) atoms. The summed E-state index contributed by atoms with van der Waals surface area (Å²) in [6, 6.07) is 14.5. The Kier molecular flexibility index (Phi) is 4.83. The number of aromatic nitrogens is 1. The van der Waals surface area contributed by atoms with Gasteiger partial charge in [-0.25, -0.2) is 4.98 Å². The van der Waals surface area contributed by atoms with E-state index in [1.54, 1.807) is 30.5 Å². The standard InChI is InChI=1S/C9H9N3.C7H9N3O/c10-8-7-4-2-1-3-6(7)5-12-9(8)11;8-6-3-1-5(2-4-6)7(9)10-11/h1-5H,10H2,(H2,11,12);1-4,11H,8H2,(H2,9,10). The number of hydrogen-bond donors (Lipinski definition) is 5. The van der Waals surface area contributed by atoms with Gasteiger partial charge in [0.2, 0.25) is 0 Å². The fourth-order valence-electron chi connectivity index (χ4n) is 1.91. The number of benzene rings is 2. The van der Waals surface area contributed by atoms with Crippen LogP contribution in [0.1, 0.15) is 5.56 Å². The van der Waals surface area contributed by atoms with E-state index >= 15 is 0 Å². The molecule has 0 amide bonds. The van der Waals surface area contributed by atoms with Crippen LogP contribution in [0, 0.1) is 0 Å². The first-order chi connectivity index (χ1) is 11.0. The van der Waals surface area contributed by atoms with Crippen molar-refractivity contribution in [3.8, 4) is 0 Å². The zero-order chi connectivity index (χ0) is 16.8. The van der Waals surface area contributed by atoms with Crippen LogP contribution < -0.4 is 22.9 Å². The lowest BCUT2D eigenvalue weighted by atomic mass is 10.1. The third-order valence-electron chi connectivity index (χ3n) is 3.18. The summed E-state index contributed by atoms with van der Waals surface area (Å²) in [5.41, 5.74) is 23.9. The van der Waals surface area contributed by atoms with Gasteiger partial charge in [-0.05, 0) is 24.3 Å². The van der Waals surface area contributed by atoms with Crippen LogP contribution in [0.2, 0.25) is 0 Å². The summed E-state index contributed by atoms with van der Waals surface area (Å²) in [4.78, 5) is 3.96. The molecule has 7 heteroatoms. The quantitative estimate of drug-likeness (QED) is 0.152. The van der Waals surface area contributed by atoms with E-state index in [1.165, 1.54) is 0 Å². The van der Waals surface area contributed by atoms with Gasteiger partial charge in [0, 0.05) is 28.2 Å². The Morgan fingerprint density at radius 3 is 2.26 bits per heavy atom. The van der Waals surface area contributed by atoms with Crippen molar-refractivity contribution in [3.63, 3.8) is 0 Å². The number of rotatable bonds is 1. The van der Waals surface area contributed by atoms with E-state index in [1.807, 2.05) is 24.3 Å². The maximum atomic E-state index is 8.29. The van der Waals surface area contributed by atoms with Gasteiger partial charge >= 0.3 is 0 Å². The molecule has 1 heterocycles. The molecular formula is C16H18N6O. The fourth-order valence-corrected chi connectivity index (χ4v) is 1.91. The minimum absolute atomic E-state index is 0.0880. The molecule has 0 fully saturated rings. The monoisotopic (exact) mass is 310 g/mol. The Morgan fingerprint density at radius 2 is 1.61 bits per heavy atom. The normalized spacial score (nSPS) is 10.9. The topological polar surface area (TPSA) is 150 Å². The van der Waals surface area contributed by atoms with E-state index in [0.29, 0.717) is 22.8 Å². The molecular weight excluding hydrogens is 292 g/mol. The third kappa shape index (κ3) is 3.79. The molecule has 118 valence electrons. The highest BCUT2D eigenvalue weighted by molar-refractivity contribution is 5.97. The van der Waals surface area contributed by atoms with Gasteiger partial charge in [0.1, 0.15) is 5.82 Å². The summed E-state index contributed by atoms with van der Waals surface area (Å²) in [5.74, 6) is 0.485. The summed E-state index contributed by atoms with van der Waals surface area (Å²) >= 11 is 0. The van der Waals surface area contributed by atoms with Gasteiger partial charge in [-0.1, -0.05) is 29.4 Å². The van der Waals surface area contributed by atoms with Gasteiger partial charge in [0.25, 0.3) is 0 Å². The summed E-state index contributed by atoms with van der Waals surface area (Å²) in [6.45, 7) is 0. The minimum atomic E-state index is 0.0880. The van der Waals surface area contributed by atoms with Crippen molar-refractivity contribution in [2.75, 3.05) is 17.2 Å². The van der Waals surface area contributed by atoms with Gasteiger partial charge in [-0.2, -0.15) is 0 Å². The second-order valence-electron chi connectivity index (χ2n) is 4.75. The average molecular weight is 310 g/mol. The van der Waals surface area contributed by atoms with Crippen LogP contribution in [0.15, 0.2) is 59.9 Å². The molecule has 9 N–H and O–H groups in total. The van der Waals surface area contributed by atoms with Gasteiger partial charge in [-0.15, -0.1) is 0 Å². The summed E-state index contributed by atoms with van der Waals surface area (Å²) in [7, 11) is 0. The molecule has 0 bridgehead atoms. The second kappa shape index (κ2) is 6.99. The number of nitrogens with two attached hydrogens (primary N) is 4. The molecule has 2 aromatic carbocycles. The number of hydrogen-bond acceptors (Lipinski definition) is 6. The van der Waals surface area contributed by atoms with E-state index in [0.717, 1.165) is 10.8 Å². The Labute approximate surface area is 133 Å². The highest BCUT2D eigenvalue weighted by atomic mass is 16.4. The van der Waals surface area contributed by atoms with E-state index in [9.17, 15) is 0 Å². The van der Waals surface area contributed by atoms with Crippen LogP contribution in [0.25, 0.3) is 10.8 Å². The van der Waals surface area contributed by atoms with Gasteiger partial charge in [0.05, 0.1) is 5.69 Å². The highest BCUT2D eigenvalue weighted by Crippen LogP contribution is 2.23. The first kappa shape index (κ1) is 15.9. The molecule has 0 spiro atoms. The maximum Gasteiger partial charge on any atom is 0.170 e. The van der Waals surface area contributed by atoms with Crippen LogP contribution in [-0.2, 0) is 0 Å². The zero-order valence-corrected chi connectivity index (χ0v) is 12.3. The predicted molar refractivity (Wildman–Crippen MR) is 93.9 cm³/mol. The zero-order valence-electron chi connectivity index (χ0n) is 12.3. The van der Waals surface area contributed by atoms with Crippen molar-refractivity contribution >= 4 is 33.8 Å². The molecule has 0 saturated heterocycles. The number of nitrogens with zero attached hydrogens (tertiary/aromatic N) is 2. The van der Waals surface area contributed by atoms with E-state index < -0.39 is 0 Å². The van der Waals surface area contributed by atoms with E-state index in [-0.39, 0.29) is 5.84 Å². The molecule has 0 aliphatic carbocycles. The number of nitrogen functional groups attached to an aromatic ring is 3. The number of amidine groups is 1. The lowest BCUT2D eigenvalue weighted by Crippen LogP contribution is -2.12. The highest BCUT2D eigenvalue weighted by Gasteiger charge is 2.00. The molecule has 0 saturated carbocycles. The van der Waals surface area contributed by atoms with E-state index in [4.69, 9.17) is 28.1 Å². The van der Waals surface area contributed by atoms with Crippen molar-refractivity contribution in [2.45, 2.75) is 0 Å². The first-order valence-electron chi connectivity index (χ1n) is 6.75. The number of fused-ring (bicyclic) bond motifs is 1. The van der Waals surface area contributed by atoms with Crippen molar-refractivity contribution in [3.05, 3.63) is 60.3 Å². The van der Waals surface area contributed by atoms with Crippen molar-refractivity contribution in [1.82, 2.24) is 4.98 Å². The SMILES string of the molecule is N/C(=N/O)c1ccc(N)cc1.Nc1ncc2ccccc2c1N. The van der Waals surface area contributed by atoms with Gasteiger partial charge in [-0.3, -0.25) is 0 Å². The van der Waals surface area contributed by atoms with Crippen LogP contribution >= 0.6 is 0 Å². The van der Waals surface area contributed by atoms with Crippen LogP contribution in [0.5, 0.6) is 0 Å². The molecule has 7 nitrogen and oxygen atoms in total. The largest absolute Gasteiger partial charge is 0.409 e. The Hall–Kier alpha value is -3.48. The molecule has 0 aliphatic heterocycles. The molecule has 1 aromatic heterocycles. The molecule has 0 atom stereocenters. The Bertz CT molecular complexity index is 830. The van der Waals surface area contributed by atoms with Gasteiger partial charge < -0.3 is 28.1 Å². The van der Waals surface area contributed by atoms with E-state index in [2.05, 4.69) is 10.1 Å². The van der Waals surface area contributed by atoms with Crippen LogP contribution in [0.4, 0.5) is 17.2 Å². The molecule has 3 aromatic rings. The Morgan fingerprint density at radius 1 is 0.957 bits per heavy atom. The maximum absolute atomic E-state index is 8.29. The lowest BCUT2D eigenvalue weighted by molar-refractivity contribution is 0.318. The van der Waals surface area contributed by atoms with Crippen molar-refractivity contribution < 1.29 is 5.21 Å². The second-order valence-corrected chi connectivity index (χ2v) is 4.75. The van der Waals surface area contributed by atoms with Crippen LogP contribution in [-0.4, -0.2) is 16.0 Å². The fraction of sp³-hybridized carbons (Fsp3) is 0. The summed E-state index contributed by atoms with van der Waals surface area (Å²) < 4.78 is 0. The van der Waals surface area contributed by atoms with Crippen molar-refractivity contribution in [2.24, 2.45) is 10.9 Å². The number of anilines is 3. The smallest absolute Gasteiger partial charge is 0.170 e. The van der Waals surface area contributed by atoms with Crippen molar-refractivity contribution in [1.29, 1.82) is 0 Å². The number of oxime groups is 1. The lowest BCUT2D eigenvalue weighted by Gasteiger charge is -2.02. The Balaban J connectivity index is 0.000000168. The molecule has 0 unspecified atom stereocenters. The third-order valence-corrected chi connectivity index (χ3v) is 3.18. The summed E-state index contributed by atoms with van der Waals surface area (Å²) in [6.07, 6.45) is 1.72. The minimum Gasteiger partial charge on any atom is -0.409 e. The average Bonchev–Trinajstić information content (AvgIpc) is 2.59. The molecule has 0 radical (unpaired) electrons. The molecule has 3 rings (SSSR count). The molecule has 0 aliphatic rings. The number of pyridine rings is 1.